The minimum absolute atomic E-state index is 0.0459. The van der Waals surface area contributed by atoms with E-state index in [4.69, 9.17) is 5.73 Å². The number of Topliss-reactive ketones (excluding diaryl/α,β-unsaturated/α-hetero) is 1. The molecule has 28 heavy (non-hydrogen) atoms. The Kier molecular flexibility index (Phi) is 6.29. The van der Waals surface area contributed by atoms with Crippen LogP contribution in [0.1, 0.15) is 40.2 Å². The molecule has 0 atom stereocenters. The van der Waals surface area contributed by atoms with Crippen molar-refractivity contribution in [3.63, 3.8) is 0 Å². The standard InChI is InChI=1S/C22H28FN3O2/c1-15-13-20(21(27)14-25-10-8-18(9-11-25)22(24)28)16(2)26(15)12-7-17-3-5-19(23)6-4-17/h3-6,13,18H,7-12,14H2,1-2H3,(H2,24,28)/p+1. The lowest BCUT2D eigenvalue weighted by Gasteiger charge is -2.27. The maximum atomic E-state index is 13.1. The predicted molar refractivity (Wildman–Crippen MR) is 106 cm³/mol. The molecule has 0 bridgehead atoms. The molecular formula is C22H29FN3O2+. The third kappa shape index (κ3) is 4.68. The number of benzene rings is 1. The number of halogens is 1. The van der Waals surface area contributed by atoms with Crippen molar-refractivity contribution in [1.29, 1.82) is 0 Å². The van der Waals surface area contributed by atoms with Gasteiger partial charge in [0, 0.05) is 42.3 Å². The number of nitrogens with one attached hydrogen (secondary N) is 1. The molecule has 0 saturated carbocycles. The van der Waals surface area contributed by atoms with Gasteiger partial charge in [-0.2, -0.15) is 0 Å². The molecule has 2 heterocycles. The van der Waals surface area contributed by atoms with Gasteiger partial charge in [-0.05, 0) is 44.0 Å². The van der Waals surface area contributed by atoms with Crippen molar-refractivity contribution >= 4 is 11.7 Å². The average molecular weight is 386 g/mol. The number of hydrogen-bond donors (Lipinski definition) is 2. The van der Waals surface area contributed by atoms with Crippen LogP contribution in [0.5, 0.6) is 0 Å². The summed E-state index contributed by atoms with van der Waals surface area (Å²) in [7, 11) is 0. The largest absolute Gasteiger partial charge is 0.369 e. The summed E-state index contributed by atoms with van der Waals surface area (Å²) in [5.41, 5.74) is 9.28. The molecule has 0 unspecified atom stereocenters. The van der Waals surface area contributed by atoms with Gasteiger partial charge in [0.15, 0.2) is 0 Å². The summed E-state index contributed by atoms with van der Waals surface area (Å²) >= 11 is 0. The van der Waals surface area contributed by atoms with Crippen LogP contribution in [0.4, 0.5) is 4.39 Å². The lowest BCUT2D eigenvalue weighted by atomic mass is 9.96. The van der Waals surface area contributed by atoms with Crippen molar-refractivity contribution in [3.05, 3.63) is 58.7 Å². The van der Waals surface area contributed by atoms with E-state index in [0.29, 0.717) is 6.54 Å². The Morgan fingerprint density at radius 3 is 2.43 bits per heavy atom. The lowest BCUT2D eigenvalue weighted by Crippen LogP contribution is -3.14. The van der Waals surface area contributed by atoms with Gasteiger partial charge in [0.05, 0.1) is 13.1 Å². The third-order valence-electron chi connectivity index (χ3n) is 5.92. The van der Waals surface area contributed by atoms with E-state index in [1.807, 2.05) is 19.9 Å². The Morgan fingerprint density at radius 1 is 1.18 bits per heavy atom. The third-order valence-corrected chi connectivity index (χ3v) is 5.92. The van der Waals surface area contributed by atoms with Gasteiger partial charge in [-0.15, -0.1) is 0 Å². The minimum atomic E-state index is -0.229. The first-order chi connectivity index (χ1) is 13.3. The van der Waals surface area contributed by atoms with E-state index in [1.54, 1.807) is 12.1 Å². The van der Waals surface area contributed by atoms with Crippen LogP contribution >= 0.6 is 0 Å². The minimum Gasteiger partial charge on any atom is -0.369 e. The van der Waals surface area contributed by atoms with Crippen LogP contribution in [0, 0.1) is 25.6 Å². The number of piperidine rings is 1. The van der Waals surface area contributed by atoms with Gasteiger partial charge in [-0.1, -0.05) is 12.1 Å². The highest BCUT2D eigenvalue weighted by Crippen LogP contribution is 2.17. The number of nitrogens with zero attached hydrogens (tertiary/aromatic N) is 1. The number of rotatable bonds is 7. The number of carbonyl (C=O) groups is 2. The monoisotopic (exact) mass is 386 g/mol. The zero-order chi connectivity index (χ0) is 20.3. The van der Waals surface area contributed by atoms with Crippen LogP contribution in [0.25, 0.3) is 0 Å². The van der Waals surface area contributed by atoms with Crippen molar-refractivity contribution in [2.24, 2.45) is 11.7 Å². The summed E-state index contributed by atoms with van der Waals surface area (Å²) in [5, 5.41) is 0. The van der Waals surface area contributed by atoms with E-state index in [2.05, 4.69) is 4.57 Å². The molecule has 3 N–H and O–H groups in total. The van der Waals surface area contributed by atoms with Crippen LogP contribution in [0.3, 0.4) is 0 Å². The molecule has 1 saturated heterocycles. The highest BCUT2D eigenvalue weighted by Gasteiger charge is 2.28. The fraction of sp³-hybridized carbons (Fsp3) is 0.455. The number of primary amides is 1. The van der Waals surface area contributed by atoms with E-state index in [-0.39, 0.29) is 23.4 Å². The number of hydrogen-bond acceptors (Lipinski definition) is 2. The number of aromatic nitrogens is 1. The molecule has 1 aromatic carbocycles. The van der Waals surface area contributed by atoms with Gasteiger partial charge in [-0.25, -0.2) is 4.39 Å². The highest BCUT2D eigenvalue weighted by molar-refractivity contribution is 5.98. The summed E-state index contributed by atoms with van der Waals surface area (Å²) in [5.74, 6) is -0.355. The fourth-order valence-corrected chi connectivity index (χ4v) is 4.13. The maximum Gasteiger partial charge on any atom is 0.220 e. The van der Waals surface area contributed by atoms with Crippen LogP contribution in [0.15, 0.2) is 30.3 Å². The second kappa shape index (κ2) is 8.69. The van der Waals surface area contributed by atoms with Crippen molar-refractivity contribution in [1.82, 2.24) is 4.57 Å². The van der Waals surface area contributed by atoms with Gasteiger partial charge < -0.3 is 15.2 Å². The summed E-state index contributed by atoms with van der Waals surface area (Å²) in [6.45, 7) is 6.83. The lowest BCUT2D eigenvalue weighted by molar-refractivity contribution is -0.897. The zero-order valence-corrected chi connectivity index (χ0v) is 16.6. The molecule has 0 spiro atoms. The molecular weight excluding hydrogens is 357 g/mol. The first-order valence-corrected chi connectivity index (χ1v) is 9.92. The van der Waals surface area contributed by atoms with Crippen LogP contribution in [-0.2, 0) is 17.8 Å². The van der Waals surface area contributed by atoms with Gasteiger partial charge >= 0.3 is 0 Å². The van der Waals surface area contributed by atoms with Crippen LogP contribution in [0.2, 0.25) is 0 Å². The molecule has 1 amide bonds. The number of amides is 1. The average Bonchev–Trinajstić information content (AvgIpc) is 2.96. The Morgan fingerprint density at radius 2 is 1.82 bits per heavy atom. The van der Waals surface area contributed by atoms with Crippen LogP contribution < -0.4 is 10.6 Å². The van der Waals surface area contributed by atoms with Gasteiger partial charge in [0.25, 0.3) is 0 Å². The number of likely N-dealkylation sites (tertiary alicyclic amines) is 1. The second-order valence-electron chi connectivity index (χ2n) is 7.84. The van der Waals surface area contributed by atoms with Gasteiger partial charge in [-0.3, -0.25) is 9.59 Å². The van der Waals surface area contributed by atoms with Crippen molar-refractivity contribution in [2.45, 2.75) is 39.7 Å². The number of nitrogens with two attached hydrogens (primary N) is 1. The molecule has 1 aliphatic heterocycles. The van der Waals surface area contributed by atoms with E-state index in [1.165, 1.54) is 17.0 Å². The first-order valence-electron chi connectivity index (χ1n) is 9.92. The Bertz CT molecular complexity index is 849. The molecule has 1 aliphatic rings. The number of quaternary nitrogens is 1. The topological polar surface area (TPSA) is 69.5 Å². The molecule has 150 valence electrons. The zero-order valence-electron chi connectivity index (χ0n) is 16.6. The first kappa shape index (κ1) is 20.3. The quantitative estimate of drug-likeness (QED) is 0.707. The Labute approximate surface area is 165 Å². The van der Waals surface area contributed by atoms with Crippen molar-refractivity contribution < 1.29 is 18.9 Å². The Hall–Kier alpha value is -2.47. The molecule has 5 nitrogen and oxygen atoms in total. The molecule has 0 aliphatic carbocycles. The van der Waals surface area contributed by atoms with Gasteiger partial charge in [0.2, 0.25) is 11.7 Å². The SMILES string of the molecule is Cc1cc(C(=O)C[NH+]2CCC(C(N)=O)CC2)c(C)n1CCc1ccc(F)cc1. The molecule has 1 fully saturated rings. The van der Waals surface area contributed by atoms with E-state index >= 15 is 0 Å². The molecule has 1 aromatic heterocycles. The molecule has 2 aromatic rings. The van der Waals surface area contributed by atoms with Crippen molar-refractivity contribution in [3.8, 4) is 0 Å². The summed E-state index contributed by atoms with van der Waals surface area (Å²) in [6.07, 6.45) is 2.30. The fourth-order valence-electron chi connectivity index (χ4n) is 4.13. The molecule has 6 heteroatoms. The van der Waals surface area contributed by atoms with Crippen molar-refractivity contribution in [2.75, 3.05) is 19.6 Å². The number of aryl methyl sites for hydroxylation is 2. The van der Waals surface area contributed by atoms with Crippen LogP contribution in [-0.4, -0.2) is 35.9 Å². The highest BCUT2D eigenvalue weighted by atomic mass is 19.1. The van der Waals surface area contributed by atoms with E-state index in [0.717, 1.165) is 61.4 Å². The normalized spacial score (nSPS) is 19.5. The number of carbonyl (C=O) groups excluding carboxylic acids is 2. The summed E-state index contributed by atoms with van der Waals surface area (Å²) < 4.78 is 15.2. The maximum absolute atomic E-state index is 13.1. The van der Waals surface area contributed by atoms with Gasteiger partial charge in [0.1, 0.15) is 12.4 Å². The van der Waals surface area contributed by atoms with E-state index < -0.39 is 0 Å². The van der Waals surface area contributed by atoms with E-state index in [9.17, 15) is 14.0 Å². The summed E-state index contributed by atoms with van der Waals surface area (Å²) in [6, 6.07) is 8.52. The Balaban J connectivity index is 1.61. The molecule has 0 radical (unpaired) electrons. The summed E-state index contributed by atoms with van der Waals surface area (Å²) in [4.78, 5) is 25.4. The molecule has 3 rings (SSSR count). The number of ketones is 1. The predicted octanol–water partition coefficient (Wildman–Crippen LogP) is 1.45. The smallest absolute Gasteiger partial charge is 0.220 e. The second-order valence-corrected chi connectivity index (χ2v) is 7.84.